The molecule has 1 aromatic carbocycles. The largest absolute Gasteiger partial charge is 0.493 e. The second-order valence-electron chi connectivity index (χ2n) is 5.39. The first-order valence-corrected chi connectivity index (χ1v) is 7.97. The smallest absolute Gasteiger partial charge is 0.303 e. The summed E-state index contributed by atoms with van der Waals surface area (Å²) in [6.07, 6.45) is 3.12. The van der Waals surface area contributed by atoms with Gasteiger partial charge in [0.1, 0.15) is 0 Å². The maximum Gasteiger partial charge on any atom is 0.303 e. The molecule has 0 bridgehead atoms. The number of benzene rings is 1. The highest BCUT2D eigenvalue weighted by Gasteiger charge is 2.37. The molecule has 1 atom stereocenters. The minimum atomic E-state index is -0.776. The molecule has 0 heterocycles. The molecule has 0 aliphatic heterocycles. The Labute approximate surface area is 133 Å². The number of aliphatic carboxylic acids is 1. The number of aryl methyl sites for hydroxylation is 1. The van der Waals surface area contributed by atoms with Gasteiger partial charge in [-0.2, -0.15) is 0 Å². The lowest BCUT2D eigenvalue weighted by molar-refractivity contribution is -0.137. The molecule has 1 fully saturated rings. The standard InChI is InChI=1S/C16H21BrO4/c1-4-9-7-12(20-2)16(21-3)14(15(9)17)11(8-13(18)19)10-5-6-10/h7,10-11H,4-6,8H2,1-3H3,(H,18,19). The van der Waals surface area contributed by atoms with E-state index >= 15 is 0 Å². The molecule has 0 spiro atoms. The molecule has 116 valence electrons. The third-order valence-electron chi connectivity index (χ3n) is 4.05. The van der Waals surface area contributed by atoms with Crippen LogP contribution in [0, 0.1) is 5.92 Å². The second-order valence-corrected chi connectivity index (χ2v) is 6.19. The van der Waals surface area contributed by atoms with Crippen molar-refractivity contribution in [2.75, 3.05) is 14.2 Å². The lowest BCUT2D eigenvalue weighted by atomic mass is 9.88. The van der Waals surface area contributed by atoms with E-state index in [1.807, 2.05) is 6.07 Å². The van der Waals surface area contributed by atoms with Gasteiger partial charge in [0.2, 0.25) is 0 Å². The van der Waals surface area contributed by atoms with Crippen molar-refractivity contribution < 1.29 is 19.4 Å². The van der Waals surface area contributed by atoms with Crippen molar-refractivity contribution in [2.24, 2.45) is 5.92 Å². The van der Waals surface area contributed by atoms with Gasteiger partial charge in [-0.15, -0.1) is 0 Å². The van der Waals surface area contributed by atoms with E-state index in [9.17, 15) is 9.90 Å². The van der Waals surface area contributed by atoms with Crippen molar-refractivity contribution >= 4 is 21.9 Å². The van der Waals surface area contributed by atoms with E-state index in [0.29, 0.717) is 17.4 Å². The number of methoxy groups -OCH3 is 2. The third-order valence-corrected chi connectivity index (χ3v) is 4.99. The number of rotatable bonds is 7. The third kappa shape index (κ3) is 3.34. The summed E-state index contributed by atoms with van der Waals surface area (Å²) in [5.74, 6) is 0.931. The van der Waals surface area contributed by atoms with Crippen LogP contribution in [0.15, 0.2) is 10.5 Å². The highest BCUT2D eigenvalue weighted by atomic mass is 79.9. The predicted molar refractivity (Wildman–Crippen MR) is 84.3 cm³/mol. The number of carbonyl (C=O) groups is 1. The molecular formula is C16H21BrO4. The van der Waals surface area contributed by atoms with Crippen LogP contribution in [0.25, 0.3) is 0 Å². The van der Waals surface area contributed by atoms with Crippen LogP contribution < -0.4 is 9.47 Å². The number of ether oxygens (including phenoxy) is 2. The first-order chi connectivity index (χ1) is 10.0. The van der Waals surface area contributed by atoms with Crippen LogP contribution in [0.3, 0.4) is 0 Å². The second kappa shape index (κ2) is 6.69. The summed E-state index contributed by atoms with van der Waals surface area (Å²) < 4.78 is 11.9. The average Bonchev–Trinajstić information content (AvgIpc) is 3.28. The van der Waals surface area contributed by atoms with Crippen molar-refractivity contribution in [2.45, 2.75) is 38.5 Å². The number of halogens is 1. The van der Waals surface area contributed by atoms with Crippen molar-refractivity contribution in [3.63, 3.8) is 0 Å². The van der Waals surface area contributed by atoms with E-state index in [1.165, 1.54) is 0 Å². The van der Waals surface area contributed by atoms with Crippen molar-refractivity contribution in [1.82, 2.24) is 0 Å². The van der Waals surface area contributed by atoms with Gasteiger partial charge in [0, 0.05) is 16.0 Å². The van der Waals surface area contributed by atoms with Crippen molar-refractivity contribution in [3.8, 4) is 11.5 Å². The van der Waals surface area contributed by atoms with E-state index in [0.717, 1.165) is 34.9 Å². The molecular weight excluding hydrogens is 336 g/mol. The molecule has 1 saturated carbocycles. The van der Waals surface area contributed by atoms with Crippen molar-refractivity contribution in [1.29, 1.82) is 0 Å². The summed E-state index contributed by atoms with van der Waals surface area (Å²) in [6.45, 7) is 2.07. The minimum absolute atomic E-state index is 0.0350. The van der Waals surface area contributed by atoms with Crippen LogP contribution in [0.1, 0.15) is 43.2 Å². The number of hydrogen-bond donors (Lipinski definition) is 1. The van der Waals surface area contributed by atoms with Gasteiger partial charge in [-0.25, -0.2) is 0 Å². The van der Waals surface area contributed by atoms with E-state index < -0.39 is 5.97 Å². The molecule has 1 aliphatic rings. The summed E-state index contributed by atoms with van der Waals surface area (Å²) in [5, 5.41) is 9.24. The molecule has 1 unspecified atom stereocenters. The number of carboxylic acids is 1. The average molecular weight is 357 g/mol. The molecule has 2 rings (SSSR count). The maximum atomic E-state index is 11.2. The number of carboxylic acid groups (broad SMARTS) is 1. The van der Waals surface area contributed by atoms with Crippen LogP contribution in [-0.2, 0) is 11.2 Å². The molecule has 1 N–H and O–H groups in total. The SMILES string of the molecule is CCc1cc(OC)c(OC)c(C(CC(=O)O)C2CC2)c1Br. The molecule has 0 radical (unpaired) electrons. The maximum absolute atomic E-state index is 11.2. The Bertz CT molecular complexity index is 538. The van der Waals surface area contributed by atoms with E-state index in [2.05, 4.69) is 22.9 Å². The fourth-order valence-electron chi connectivity index (χ4n) is 2.83. The van der Waals surface area contributed by atoms with E-state index in [1.54, 1.807) is 14.2 Å². The minimum Gasteiger partial charge on any atom is -0.493 e. The van der Waals surface area contributed by atoms with Gasteiger partial charge in [0.15, 0.2) is 11.5 Å². The fraction of sp³-hybridized carbons (Fsp3) is 0.562. The lowest BCUT2D eigenvalue weighted by Gasteiger charge is -2.23. The van der Waals surface area contributed by atoms with Gasteiger partial charge in [-0.1, -0.05) is 22.9 Å². The van der Waals surface area contributed by atoms with Crippen LogP contribution in [0.5, 0.6) is 11.5 Å². The Morgan fingerprint density at radius 1 is 1.43 bits per heavy atom. The monoisotopic (exact) mass is 356 g/mol. The van der Waals surface area contributed by atoms with Gasteiger partial charge < -0.3 is 14.6 Å². The quantitative estimate of drug-likeness (QED) is 0.802. The first kappa shape index (κ1) is 16.1. The Balaban J connectivity index is 2.59. The molecule has 5 heteroatoms. The zero-order valence-corrected chi connectivity index (χ0v) is 14.2. The zero-order chi connectivity index (χ0) is 15.6. The molecule has 21 heavy (non-hydrogen) atoms. The Kier molecular flexibility index (Phi) is 5.14. The first-order valence-electron chi connectivity index (χ1n) is 7.18. The topological polar surface area (TPSA) is 55.8 Å². The van der Waals surface area contributed by atoms with E-state index in [4.69, 9.17) is 9.47 Å². The Morgan fingerprint density at radius 3 is 2.52 bits per heavy atom. The zero-order valence-electron chi connectivity index (χ0n) is 12.6. The van der Waals surface area contributed by atoms with Gasteiger partial charge in [-0.3, -0.25) is 4.79 Å². The van der Waals surface area contributed by atoms with E-state index in [-0.39, 0.29) is 12.3 Å². The Hall–Kier alpha value is -1.23. The molecule has 0 saturated heterocycles. The highest BCUT2D eigenvalue weighted by molar-refractivity contribution is 9.10. The normalized spacial score (nSPS) is 15.6. The summed E-state index contributed by atoms with van der Waals surface area (Å²) in [6, 6.07) is 1.96. The number of hydrogen-bond acceptors (Lipinski definition) is 3. The molecule has 0 amide bonds. The van der Waals surface area contributed by atoms with Crippen LogP contribution in [0.2, 0.25) is 0 Å². The molecule has 0 aromatic heterocycles. The van der Waals surface area contributed by atoms with Gasteiger partial charge in [-0.05, 0) is 36.8 Å². The lowest BCUT2D eigenvalue weighted by Crippen LogP contribution is -2.12. The van der Waals surface area contributed by atoms with Gasteiger partial charge in [0.25, 0.3) is 0 Å². The fourth-order valence-corrected chi connectivity index (χ4v) is 3.70. The molecule has 1 aromatic rings. The van der Waals surface area contributed by atoms with Gasteiger partial charge >= 0.3 is 5.97 Å². The summed E-state index contributed by atoms with van der Waals surface area (Å²) >= 11 is 3.65. The molecule has 1 aliphatic carbocycles. The van der Waals surface area contributed by atoms with Gasteiger partial charge in [0.05, 0.1) is 20.6 Å². The van der Waals surface area contributed by atoms with Crippen LogP contribution in [-0.4, -0.2) is 25.3 Å². The summed E-state index contributed by atoms with van der Waals surface area (Å²) in [4.78, 5) is 11.2. The predicted octanol–water partition coefficient (Wildman–Crippen LogP) is 4.00. The van der Waals surface area contributed by atoms with Crippen molar-refractivity contribution in [3.05, 3.63) is 21.7 Å². The van der Waals surface area contributed by atoms with Crippen LogP contribution in [0.4, 0.5) is 0 Å². The molecule has 4 nitrogen and oxygen atoms in total. The summed E-state index contributed by atoms with van der Waals surface area (Å²) in [7, 11) is 3.21. The van der Waals surface area contributed by atoms with Crippen LogP contribution >= 0.6 is 15.9 Å². The highest BCUT2D eigenvalue weighted by Crippen LogP contribution is 2.52. The Morgan fingerprint density at radius 2 is 2.10 bits per heavy atom. The summed E-state index contributed by atoms with van der Waals surface area (Å²) in [5.41, 5.74) is 2.05.